The number of nitrogens with zero attached hydrogens (tertiary/aromatic N) is 2. The molecule has 0 radical (unpaired) electrons. The van der Waals surface area contributed by atoms with Crippen LogP contribution < -0.4 is 14.8 Å². The van der Waals surface area contributed by atoms with Crippen LogP contribution in [0.4, 0.5) is 5.82 Å². The second-order valence-electron chi connectivity index (χ2n) is 7.66. The van der Waals surface area contributed by atoms with Gasteiger partial charge in [0.25, 0.3) is 0 Å². The molecule has 0 fully saturated rings. The van der Waals surface area contributed by atoms with E-state index in [-0.39, 0.29) is 0 Å². The highest BCUT2D eigenvalue weighted by molar-refractivity contribution is 7.13. The van der Waals surface area contributed by atoms with Crippen molar-refractivity contribution in [2.24, 2.45) is 0 Å². The number of pyridine rings is 1. The zero-order valence-corrected chi connectivity index (χ0v) is 19.5. The summed E-state index contributed by atoms with van der Waals surface area (Å²) in [6.45, 7) is 1.09. The van der Waals surface area contributed by atoms with Crippen LogP contribution in [0.5, 0.6) is 11.5 Å². The van der Waals surface area contributed by atoms with Crippen LogP contribution in [0.3, 0.4) is 0 Å². The van der Waals surface area contributed by atoms with Crippen molar-refractivity contribution in [3.05, 3.63) is 101 Å². The first-order chi connectivity index (χ1) is 16.8. The Labute approximate surface area is 202 Å². The predicted octanol–water partition coefficient (Wildman–Crippen LogP) is 6.24. The number of rotatable bonds is 8. The van der Waals surface area contributed by atoms with Crippen LogP contribution in [0.15, 0.2) is 84.4 Å². The summed E-state index contributed by atoms with van der Waals surface area (Å²) in [6.07, 6.45) is 7.76. The molecular formula is C28H23N3O2S. The summed E-state index contributed by atoms with van der Waals surface area (Å²) < 4.78 is 13.5. The minimum absolute atomic E-state index is 0.464. The molecule has 0 amide bonds. The number of nitrogens with one attached hydrogen (secondary N) is 1. The summed E-state index contributed by atoms with van der Waals surface area (Å²) in [7, 11) is 1.67. The van der Waals surface area contributed by atoms with Gasteiger partial charge in [0.05, 0.1) is 12.0 Å². The third-order valence-corrected chi connectivity index (χ3v) is 6.43. The molecule has 0 spiro atoms. The fourth-order valence-corrected chi connectivity index (χ4v) is 4.60. The van der Waals surface area contributed by atoms with Gasteiger partial charge in [-0.3, -0.25) is 4.40 Å². The van der Waals surface area contributed by atoms with E-state index in [1.165, 1.54) is 0 Å². The maximum Gasteiger partial charge on any atom is 0.182 e. The van der Waals surface area contributed by atoms with E-state index in [0.29, 0.717) is 18.9 Å². The minimum Gasteiger partial charge on any atom is -0.497 e. The van der Waals surface area contributed by atoms with E-state index in [0.717, 1.165) is 44.5 Å². The summed E-state index contributed by atoms with van der Waals surface area (Å²) in [5.74, 6) is 5.19. The van der Waals surface area contributed by atoms with Crippen LogP contribution in [0, 0.1) is 12.3 Å². The van der Waals surface area contributed by atoms with Gasteiger partial charge in [-0.25, -0.2) is 4.98 Å². The maximum absolute atomic E-state index is 6.17. The van der Waals surface area contributed by atoms with Gasteiger partial charge >= 0.3 is 0 Å². The second-order valence-corrected chi connectivity index (χ2v) is 8.57. The molecule has 5 rings (SSSR count). The third-order valence-electron chi connectivity index (χ3n) is 5.51. The number of aromatic nitrogens is 2. The molecule has 1 N–H and O–H groups in total. The van der Waals surface area contributed by atoms with E-state index in [9.17, 15) is 0 Å². The number of ether oxygens (including phenoxy) is 2. The molecule has 0 saturated carbocycles. The van der Waals surface area contributed by atoms with Crippen LogP contribution in [0.1, 0.15) is 16.7 Å². The highest BCUT2D eigenvalue weighted by Crippen LogP contribution is 2.37. The lowest BCUT2D eigenvalue weighted by Crippen LogP contribution is -2.04. The van der Waals surface area contributed by atoms with Crippen LogP contribution >= 0.6 is 11.3 Å². The Morgan fingerprint density at radius 1 is 1.00 bits per heavy atom. The molecule has 0 saturated heterocycles. The summed E-state index contributed by atoms with van der Waals surface area (Å²) in [5.41, 5.74) is 4.60. The highest BCUT2D eigenvalue weighted by atomic mass is 32.1. The lowest BCUT2D eigenvalue weighted by Gasteiger charge is -2.11. The Bertz CT molecular complexity index is 1450. The monoisotopic (exact) mass is 465 g/mol. The van der Waals surface area contributed by atoms with Crippen LogP contribution in [0.25, 0.3) is 16.2 Å². The van der Waals surface area contributed by atoms with Gasteiger partial charge in [0.1, 0.15) is 23.9 Å². The van der Waals surface area contributed by atoms with Crippen LogP contribution in [-0.2, 0) is 13.2 Å². The first kappa shape index (κ1) is 21.6. The molecule has 168 valence electrons. The molecule has 6 heteroatoms. The van der Waals surface area contributed by atoms with E-state index in [1.54, 1.807) is 18.4 Å². The molecule has 3 aromatic heterocycles. The zero-order valence-electron chi connectivity index (χ0n) is 18.7. The van der Waals surface area contributed by atoms with Crippen molar-refractivity contribution >= 4 is 22.8 Å². The number of thiophene rings is 1. The number of fused-ring (bicyclic) bond motifs is 1. The molecule has 5 aromatic rings. The van der Waals surface area contributed by atoms with Crippen molar-refractivity contribution in [3.8, 4) is 34.4 Å². The number of benzene rings is 2. The van der Waals surface area contributed by atoms with Crippen molar-refractivity contribution in [2.75, 3.05) is 12.4 Å². The van der Waals surface area contributed by atoms with Crippen molar-refractivity contribution in [2.45, 2.75) is 13.2 Å². The van der Waals surface area contributed by atoms with Gasteiger partial charge in [0, 0.05) is 18.3 Å². The number of methoxy groups -OCH3 is 1. The van der Waals surface area contributed by atoms with E-state index in [2.05, 4.69) is 11.2 Å². The van der Waals surface area contributed by atoms with Crippen molar-refractivity contribution in [3.63, 3.8) is 0 Å². The Morgan fingerprint density at radius 3 is 2.59 bits per heavy atom. The van der Waals surface area contributed by atoms with Gasteiger partial charge < -0.3 is 14.8 Å². The molecule has 3 heterocycles. The van der Waals surface area contributed by atoms with Crippen LogP contribution in [0.2, 0.25) is 0 Å². The minimum atomic E-state index is 0.464. The van der Waals surface area contributed by atoms with Crippen LogP contribution in [-0.4, -0.2) is 16.5 Å². The van der Waals surface area contributed by atoms with E-state index in [1.807, 2.05) is 88.8 Å². The molecule has 0 aliphatic carbocycles. The lowest BCUT2D eigenvalue weighted by atomic mass is 10.2. The quantitative estimate of drug-likeness (QED) is 0.276. The van der Waals surface area contributed by atoms with Gasteiger partial charge in [-0.05, 0) is 46.8 Å². The molecule has 0 aliphatic heterocycles. The average Bonchev–Trinajstić information content (AvgIpc) is 3.51. The average molecular weight is 466 g/mol. The van der Waals surface area contributed by atoms with Crippen molar-refractivity contribution in [1.82, 2.24) is 9.38 Å². The SMILES string of the molecule is C#Cc1ccsc1-c1nc2c(OCc3ccccc3)cccn2c1NCc1ccc(OC)cc1. The predicted molar refractivity (Wildman–Crippen MR) is 138 cm³/mol. The highest BCUT2D eigenvalue weighted by Gasteiger charge is 2.20. The number of hydrogen-bond acceptors (Lipinski definition) is 5. The fraction of sp³-hybridized carbons (Fsp3) is 0.107. The van der Waals surface area contributed by atoms with Gasteiger partial charge in [-0.2, -0.15) is 0 Å². The molecule has 5 nitrogen and oxygen atoms in total. The topological polar surface area (TPSA) is 47.8 Å². The maximum atomic E-state index is 6.17. The second kappa shape index (κ2) is 9.74. The Kier molecular flexibility index (Phi) is 6.19. The summed E-state index contributed by atoms with van der Waals surface area (Å²) in [5, 5.41) is 5.57. The summed E-state index contributed by atoms with van der Waals surface area (Å²) in [4.78, 5) is 5.94. The van der Waals surface area contributed by atoms with Gasteiger partial charge in [0.15, 0.2) is 11.4 Å². The van der Waals surface area contributed by atoms with Gasteiger partial charge in [-0.15, -0.1) is 17.8 Å². The fourth-order valence-electron chi connectivity index (χ4n) is 3.75. The van der Waals surface area contributed by atoms with E-state index in [4.69, 9.17) is 20.9 Å². The Morgan fingerprint density at radius 2 is 1.82 bits per heavy atom. The smallest absolute Gasteiger partial charge is 0.182 e. The molecular weight excluding hydrogens is 442 g/mol. The Balaban J connectivity index is 1.53. The summed E-state index contributed by atoms with van der Waals surface area (Å²) in [6, 6.07) is 24.0. The van der Waals surface area contributed by atoms with Gasteiger partial charge in [0.2, 0.25) is 0 Å². The standard InChI is InChI=1S/C28H23N3O2S/c1-3-22-15-17-34-26(22)25-28(29-18-20-11-13-23(32-2)14-12-20)31-16-7-10-24(27(31)30-25)33-19-21-8-5-4-6-9-21/h1,4-17,29H,18-19H2,2H3. The summed E-state index contributed by atoms with van der Waals surface area (Å²) >= 11 is 1.58. The van der Waals surface area contributed by atoms with E-state index < -0.39 is 0 Å². The molecule has 0 aliphatic rings. The lowest BCUT2D eigenvalue weighted by molar-refractivity contribution is 0.308. The number of anilines is 1. The number of hydrogen-bond donors (Lipinski definition) is 1. The van der Waals surface area contributed by atoms with E-state index >= 15 is 0 Å². The van der Waals surface area contributed by atoms with Gasteiger partial charge in [-0.1, -0.05) is 48.4 Å². The Hall–Kier alpha value is -4.21. The zero-order chi connectivity index (χ0) is 23.3. The molecule has 0 bridgehead atoms. The van der Waals surface area contributed by atoms with Crippen molar-refractivity contribution < 1.29 is 9.47 Å². The number of imidazole rings is 1. The first-order valence-electron chi connectivity index (χ1n) is 10.9. The molecule has 34 heavy (non-hydrogen) atoms. The third kappa shape index (κ3) is 4.34. The molecule has 2 aromatic carbocycles. The number of terminal acetylenes is 1. The van der Waals surface area contributed by atoms with Crippen molar-refractivity contribution in [1.29, 1.82) is 0 Å². The first-order valence-corrected chi connectivity index (χ1v) is 11.7. The largest absolute Gasteiger partial charge is 0.497 e. The molecule has 0 atom stereocenters. The molecule has 0 unspecified atom stereocenters. The normalized spacial score (nSPS) is 10.7.